The first-order valence-electron chi connectivity index (χ1n) is 12.1. The molecule has 0 unspecified atom stereocenters. The van der Waals surface area contributed by atoms with Crippen LogP contribution in [0, 0.1) is 23.2 Å². The topological polar surface area (TPSA) is 69.0 Å². The minimum Gasteiger partial charge on any atom is -0.494 e. The number of nitrogens with zero attached hydrogens (tertiary/aromatic N) is 3. The normalized spacial score (nSPS) is 28.3. The molecule has 6 nitrogen and oxygen atoms in total. The van der Waals surface area contributed by atoms with E-state index in [1.165, 1.54) is 19.3 Å². The number of aromatic nitrogens is 3. The molecule has 4 fully saturated rings. The van der Waals surface area contributed by atoms with Crippen LogP contribution in [-0.4, -0.2) is 32.5 Å². The van der Waals surface area contributed by atoms with Gasteiger partial charge in [-0.1, -0.05) is 25.6 Å². The lowest BCUT2D eigenvalue weighted by Gasteiger charge is -2.55. The van der Waals surface area contributed by atoms with Crippen molar-refractivity contribution in [3.05, 3.63) is 30.1 Å². The van der Waals surface area contributed by atoms with Crippen molar-refractivity contribution >= 4 is 17.7 Å². The molecule has 1 N–H and O–H groups in total. The Labute approximate surface area is 194 Å². The summed E-state index contributed by atoms with van der Waals surface area (Å²) in [5.41, 5.74) is 0.842. The Morgan fingerprint density at radius 3 is 2.31 bits per heavy atom. The van der Waals surface area contributed by atoms with Crippen molar-refractivity contribution in [1.82, 2.24) is 20.1 Å². The van der Waals surface area contributed by atoms with E-state index in [4.69, 9.17) is 4.74 Å². The zero-order valence-electron chi connectivity index (χ0n) is 19.3. The lowest BCUT2D eigenvalue weighted by Crippen LogP contribution is -2.53. The Kier molecular flexibility index (Phi) is 5.95. The lowest BCUT2D eigenvalue weighted by atomic mass is 9.49. The molecule has 1 aromatic carbocycles. The van der Waals surface area contributed by atoms with E-state index in [1.807, 2.05) is 31.2 Å². The predicted octanol–water partition coefficient (Wildman–Crippen LogP) is 5.00. The fourth-order valence-electron chi connectivity index (χ4n) is 6.55. The van der Waals surface area contributed by atoms with E-state index < -0.39 is 0 Å². The molecule has 2 aromatic rings. The van der Waals surface area contributed by atoms with Gasteiger partial charge in [0.1, 0.15) is 5.75 Å². The molecule has 4 aliphatic carbocycles. The molecule has 32 heavy (non-hydrogen) atoms. The fourth-order valence-corrected chi connectivity index (χ4v) is 7.38. The van der Waals surface area contributed by atoms with Gasteiger partial charge < -0.3 is 10.1 Å². The zero-order valence-corrected chi connectivity index (χ0v) is 20.2. The Morgan fingerprint density at radius 2 is 1.75 bits per heavy atom. The van der Waals surface area contributed by atoms with Crippen molar-refractivity contribution in [2.45, 2.75) is 76.2 Å². The van der Waals surface area contributed by atoms with Crippen LogP contribution in [0.1, 0.15) is 65.1 Å². The van der Waals surface area contributed by atoms with E-state index in [0.29, 0.717) is 18.4 Å². The number of nitrogens with one attached hydrogen (secondary N) is 1. The van der Waals surface area contributed by atoms with Crippen molar-refractivity contribution in [1.29, 1.82) is 0 Å². The van der Waals surface area contributed by atoms with Crippen molar-refractivity contribution < 1.29 is 9.53 Å². The van der Waals surface area contributed by atoms with Gasteiger partial charge in [0, 0.05) is 16.4 Å². The summed E-state index contributed by atoms with van der Waals surface area (Å²) in [6.45, 7) is 7.32. The largest absolute Gasteiger partial charge is 0.494 e. The number of carbonyl (C=O) groups is 1. The van der Waals surface area contributed by atoms with E-state index in [-0.39, 0.29) is 11.3 Å². The van der Waals surface area contributed by atoms with E-state index in [1.54, 1.807) is 11.8 Å². The third-order valence-corrected chi connectivity index (χ3v) is 8.32. The number of ether oxygens (including phenoxy) is 1. The highest BCUT2D eigenvalue weighted by molar-refractivity contribution is 7.99. The Balaban J connectivity index is 1.35. The van der Waals surface area contributed by atoms with Gasteiger partial charge in [0.15, 0.2) is 11.0 Å². The minimum atomic E-state index is -0.145. The molecule has 1 amide bonds. The summed E-state index contributed by atoms with van der Waals surface area (Å²) in [6, 6.07) is 8.01. The van der Waals surface area contributed by atoms with E-state index >= 15 is 0 Å². The average Bonchev–Trinajstić information content (AvgIpc) is 3.13. The van der Waals surface area contributed by atoms with Gasteiger partial charge in [0.05, 0.1) is 13.2 Å². The maximum Gasteiger partial charge on any atom is 0.226 e. The van der Waals surface area contributed by atoms with E-state index in [0.717, 1.165) is 59.4 Å². The molecular formula is C25H34N4O2S. The third-order valence-electron chi connectivity index (χ3n) is 7.37. The van der Waals surface area contributed by atoms with Crippen LogP contribution in [0.3, 0.4) is 0 Å². The maximum absolute atomic E-state index is 13.4. The van der Waals surface area contributed by atoms with E-state index in [2.05, 4.69) is 33.9 Å². The number of amides is 1. The van der Waals surface area contributed by atoms with E-state index in [9.17, 15) is 4.79 Å². The molecule has 1 heterocycles. The SMILES string of the molecule is CCOc1ccc(-n2c(CNC(=O)C34CC5CC(CC(C5)C3)C4)nnc2SC(C)C)cc1. The van der Waals surface area contributed by atoms with Crippen LogP contribution in [0.2, 0.25) is 0 Å². The first-order chi connectivity index (χ1) is 15.5. The first kappa shape index (κ1) is 21.8. The van der Waals surface area contributed by atoms with Crippen LogP contribution in [0.25, 0.3) is 5.69 Å². The van der Waals surface area contributed by atoms with Crippen molar-refractivity contribution in [2.24, 2.45) is 23.2 Å². The Hall–Kier alpha value is -2.02. The third kappa shape index (κ3) is 4.16. The highest BCUT2D eigenvalue weighted by atomic mass is 32.2. The van der Waals surface area contributed by atoms with Crippen molar-refractivity contribution in [3.63, 3.8) is 0 Å². The fraction of sp³-hybridized carbons (Fsp3) is 0.640. The quantitative estimate of drug-likeness (QED) is 0.569. The van der Waals surface area contributed by atoms with Crippen LogP contribution in [0.5, 0.6) is 5.75 Å². The summed E-state index contributed by atoms with van der Waals surface area (Å²) < 4.78 is 7.67. The number of carbonyl (C=O) groups excluding carboxylic acids is 1. The monoisotopic (exact) mass is 454 g/mol. The number of benzene rings is 1. The Morgan fingerprint density at radius 1 is 1.12 bits per heavy atom. The number of hydrogen-bond donors (Lipinski definition) is 1. The van der Waals surface area contributed by atoms with Crippen LogP contribution in [0.15, 0.2) is 29.4 Å². The van der Waals surface area contributed by atoms with Gasteiger partial charge in [-0.3, -0.25) is 9.36 Å². The number of thioether (sulfide) groups is 1. The minimum absolute atomic E-state index is 0.145. The summed E-state index contributed by atoms with van der Waals surface area (Å²) in [5, 5.41) is 13.4. The van der Waals surface area contributed by atoms with Crippen LogP contribution in [-0.2, 0) is 11.3 Å². The molecular weight excluding hydrogens is 420 g/mol. The van der Waals surface area contributed by atoms with Crippen LogP contribution < -0.4 is 10.1 Å². The highest BCUT2D eigenvalue weighted by Crippen LogP contribution is 2.60. The molecule has 0 radical (unpaired) electrons. The number of rotatable bonds is 8. The van der Waals surface area contributed by atoms with Gasteiger partial charge in [-0.2, -0.15) is 0 Å². The molecule has 0 saturated heterocycles. The smallest absolute Gasteiger partial charge is 0.226 e. The lowest BCUT2D eigenvalue weighted by molar-refractivity contribution is -0.146. The summed E-state index contributed by atoms with van der Waals surface area (Å²) >= 11 is 1.68. The molecule has 4 aliphatic rings. The molecule has 0 spiro atoms. The van der Waals surface area contributed by atoms with Gasteiger partial charge in [-0.25, -0.2) is 0 Å². The molecule has 7 heteroatoms. The standard InChI is InChI=1S/C25H34N4O2S/c1-4-31-21-7-5-20(6-8-21)29-22(27-28-24(29)32-16(2)3)15-26-23(30)25-12-17-9-18(13-25)11-19(10-17)14-25/h5-8,16-19H,4,9-15H2,1-3H3,(H,26,30). The highest BCUT2D eigenvalue weighted by Gasteiger charge is 2.54. The van der Waals surface area contributed by atoms with Gasteiger partial charge in [-0.05, 0) is 87.5 Å². The van der Waals surface area contributed by atoms with Crippen molar-refractivity contribution in [2.75, 3.05) is 6.61 Å². The molecule has 172 valence electrons. The van der Waals surface area contributed by atoms with Crippen LogP contribution >= 0.6 is 11.8 Å². The second-order valence-corrected chi connectivity index (χ2v) is 11.8. The maximum atomic E-state index is 13.4. The molecule has 6 rings (SSSR count). The zero-order chi connectivity index (χ0) is 22.3. The predicted molar refractivity (Wildman–Crippen MR) is 126 cm³/mol. The molecule has 0 atom stereocenters. The van der Waals surface area contributed by atoms with Gasteiger partial charge >= 0.3 is 0 Å². The average molecular weight is 455 g/mol. The van der Waals surface area contributed by atoms with Crippen LogP contribution in [0.4, 0.5) is 0 Å². The summed E-state index contributed by atoms with van der Waals surface area (Å²) in [5.74, 6) is 4.13. The molecule has 4 bridgehead atoms. The summed E-state index contributed by atoms with van der Waals surface area (Å²) in [4.78, 5) is 13.4. The second-order valence-electron chi connectivity index (χ2n) is 10.2. The Bertz CT molecular complexity index is 934. The number of hydrogen-bond acceptors (Lipinski definition) is 5. The van der Waals surface area contributed by atoms with Gasteiger partial charge in [0.2, 0.25) is 5.91 Å². The molecule has 0 aliphatic heterocycles. The summed E-state index contributed by atoms with van der Waals surface area (Å²) in [7, 11) is 0. The molecule has 4 saturated carbocycles. The summed E-state index contributed by atoms with van der Waals surface area (Å²) in [6.07, 6.45) is 7.25. The molecule has 1 aromatic heterocycles. The first-order valence-corrected chi connectivity index (χ1v) is 13.0. The van der Waals surface area contributed by atoms with Gasteiger partial charge in [0.25, 0.3) is 0 Å². The van der Waals surface area contributed by atoms with Crippen molar-refractivity contribution in [3.8, 4) is 11.4 Å². The second kappa shape index (κ2) is 8.73. The van der Waals surface area contributed by atoms with Gasteiger partial charge in [-0.15, -0.1) is 10.2 Å².